The summed E-state index contributed by atoms with van der Waals surface area (Å²) in [5, 5.41) is 9.05. The van der Waals surface area contributed by atoms with Crippen molar-refractivity contribution in [2.75, 3.05) is 19.7 Å². The van der Waals surface area contributed by atoms with Crippen LogP contribution in [0.2, 0.25) is 0 Å². The normalized spacial score (nSPS) is 10.2. The smallest absolute Gasteiger partial charge is 0.272 e. The quantitative estimate of drug-likeness (QED) is 0.810. The van der Waals surface area contributed by atoms with Crippen LogP contribution in [0.1, 0.15) is 10.5 Å². The molecule has 2 rings (SSSR count). The van der Waals surface area contributed by atoms with Crippen LogP contribution in [-0.4, -0.2) is 45.2 Å². The molecule has 0 unspecified atom stereocenters. The first-order valence-electron chi connectivity index (χ1n) is 6.36. The first kappa shape index (κ1) is 14.0. The first-order valence-corrected chi connectivity index (χ1v) is 6.36. The third-order valence-corrected chi connectivity index (χ3v) is 2.90. The summed E-state index contributed by atoms with van der Waals surface area (Å²) < 4.78 is 1.73. The fourth-order valence-corrected chi connectivity index (χ4v) is 1.96. The van der Waals surface area contributed by atoms with E-state index < -0.39 is 0 Å². The van der Waals surface area contributed by atoms with Gasteiger partial charge >= 0.3 is 0 Å². The van der Waals surface area contributed by atoms with Crippen LogP contribution < -0.4 is 0 Å². The molecule has 0 saturated carbocycles. The van der Waals surface area contributed by atoms with Crippen LogP contribution in [0.3, 0.4) is 0 Å². The van der Waals surface area contributed by atoms with E-state index in [1.165, 1.54) is 11.1 Å². The topological polar surface area (TPSA) is 58.4 Å². The summed E-state index contributed by atoms with van der Waals surface area (Å²) in [6, 6.07) is 9.53. The fraction of sp³-hybridized carbons (Fsp3) is 0.200. The van der Waals surface area contributed by atoms with Gasteiger partial charge in [0.1, 0.15) is 5.69 Å². The van der Waals surface area contributed by atoms with Crippen LogP contribution in [0.25, 0.3) is 5.69 Å². The van der Waals surface area contributed by atoms with Crippen LogP contribution in [0.15, 0.2) is 55.5 Å². The molecule has 0 saturated heterocycles. The van der Waals surface area contributed by atoms with Gasteiger partial charge in [-0.3, -0.25) is 9.36 Å². The Morgan fingerprint density at radius 1 is 1.40 bits per heavy atom. The van der Waals surface area contributed by atoms with Gasteiger partial charge in [0.15, 0.2) is 0 Å². The molecule has 5 heteroatoms. The number of rotatable bonds is 6. The van der Waals surface area contributed by atoms with E-state index in [9.17, 15) is 4.79 Å². The summed E-state index contributed by atoms with van der Waals surface area (Å²) >= 11 is 0. The number of para-hydroxylation sites is 1. The van der Waals surface area contributed by atoms with Gasteiger partial charge in [-0.2, -0.15) is 0 Å². The van der Waals surface area contributed by atoms with Crippen molar-refractivity contribution in [3.8, 4) is 5.69 Å². The van der Waals surface area contributed by atoms with Crippen molar-refractivity contribution >= 4 is 5.91 Å². The molecular weight excluding hydrogens is 254 g/mol. The Morgan fingerprint density at radius 2 is 2.15 bits per heavy atom. The molecule has 1 N–H and O–H groups in total. The highest BCUT2D eigenvalue weighted by Crippen LogP contribution is 2.12. The minimum absolute atomic E-state index is 0.0843. The molecule has 2 aromatic rings. The highest BCUT2D eigenvalue weighted by atomic mass is 16.3. The molecule has 0 bridgehead atoms. The molecule has 0 aliphatic heterocycles. The SMILES string of the molecule is C=CCN(CCO)C(=O)c1cncn1-c1ccccc1. The van der Waals surface area contributed by atoms with Gasteiger partial charge in [0.2, 0.25) is 0 Å². The number of hydrogen-bond acceptors (Lipinski definition) is 3. The fourth-order valence-electron chi connectivity index (χ4n) is 1.96. The molecule has 1 heterocycles. The maximum Gasteiger partial charge on any atom is 0.272 e. The van der Waals surface area contributed by atoms with Gasteiger partial charge in [0, 0.05) is 18.8 Å². The molecule has 0 spiro atoms. The van der Waals surface area contributed by atoms with Gasteiger partial charge in [-0.15, -0.1) is 6.58 Å². The Morgan fingerprint density at radius 3 is 2.80 bits per heavy atom. The minimum Gasteiger partial charge on any atom is -0.395 e. The van der Waals surface area contributed by atoms with E-state index in [1.807, 2.05) is 30.3 Å². The number of aromatic nitrogens is 2. The third-order valence-electron chi connectivity index (χ3n) is 2.90. The van der Waals surface area contributed by atoms with Crippen molar-refractivity contribution in [1.82, 2.24) is 14.5 Å². The Bertz CT molecular complexity index is 578. The molecule has 20 heavy (non-hydrogen) atoms. The second-order valence-corrected chi connectivity index (χ2v) is 4.25. The number of aliphatic hydroxyl groups is 1. The molecule has 0 aliphatic rings. The zero-order chi connectivity index (χ0) is 14.4. The summed E-state index contributed by atoms with van der Waals surface area (Å²) in [7, 11) is 0. The molecule has 0 aliphatic carbocycles. The van der Waals surface area contributed by atoms with E-state index in [0.717, 1.165) is 5.69 Å². The Labute approximate surface area is 117 Å². The molecule has 104 valence electrons. The zero-order valence-electron chi connectivity index (χ0n) is 11.1. The number of aliphatic hydroxyl groups excluding tert-OH is 1. The van der Waals surface area contributed by atoms with Crippen LogP contribution in [0.4, 0.5) is 0 Å². The van der Waals surface area contributed by atoms with Crippen LogP contribution in [-0.2, 0) is 0 Å². The lowest BCUT2D eigenvalue weighted by atomic mass is 10.3. The maximum atomic E-state index is 12.5. The largest absolute Gasteiger partial charge is 0.395 e. The Hall–Kier alpha value is -2.40. The molecule has 0 fully saturated rings. The molecule has 5 nitrogen and oxygen atoms in total. The Balaban J connectivity index is 2.31. The van der Waals surface area contributed by atoms with Crippen molar-refractivity contribution in [3.63, 3.8) is 0 Å². The van der Waals surface area contributed by atoms with E-state index in [-0.39, 0.29) is 19.1 Å². The van der Waals surface area contributed by atoms with E-state index >= 15 is 0 Å². The summed E-state index contributed by atoms with van der Waals surface area (Å²) in [4.78, 5) is 18.1. The van der Waals surface area contributed by atoms with Gasteiger partial charge in [0.25, 0.3) is 5.91 Å². The Kier molecular flexibility index (Phi) is 4.68. The average molecular weight is 271 g/mol. The number of carbonyl (C=O) groups is 1. The molecule has 1 aromatic carbocycles. The minimum atomic E-state index is -0.180. The molecule has 0 atom stereocenters. The third kappa shape index (κ3) is 2.95. The lowest BCUT2D eigenvalue weighted by molar-refractivity contribution is 0.0735. The molecule has 1 amide bonds. The lowest BCUT2D eigenvalue weighted by Crippen LogP contribution is -2.34. The van der Waals surface area contributed by atoms with Gasteiger partial charge in [-0.1, -0.05) is 24.3 Å². The van der Waals surface area contributed by atoms with Gasteiger partial charge in [-0.25, -0.2) is 4.98 Å². The molecule has 0 radical (unpaired) electrons. The number of nitrogens with zero attached hydrogens (tertiary/aromatic N) is 3. The van der Waals surface area contributed by atoms with Gasteiger partial charge in [0.05, 0.1) is 19.1 Å². The zero-order valence-corrected chi connectivity index (χ0v) is 11.1. The predicted octanol–water partition coefficient (Wildman–Crippen LogP) is 1.49. The molecular formula is C15H17N3O2. The number of benzene rings is 1. The number of hydrogen-bond donors (Lipinski definition) is 1. The van der Waals surface area contributed by atoms with Crippen molar-refractivity contribution in [3.05, 3.63) is 61.2 Å². The maximum absolute atomic E-state index is 12.5. The van der Waals surface area contributed by atoms with Crippen LogP contribution in [0, 0.1) is 0 Å². The van der Waals surface area contributed by atoms with Gasteiger partial charge < -0.3 is 10.0 Å². The van der Waals surface area contributed by atoms with Crippen LogP contribution >= 0.6 is 0 Å². The second kappa shape index (κ2) is 6.68. The standard InChI is InChI=1S/C15H17N3O2/c1-2-8-17(9-10-19)15(20)14-11-16-12-18(14)13-6-4-3-5-7-13/h2-7,11-12,19H,1,8-10H2. The summed E-state index contributed by atoms with van der Waals surface area (Å²) in [5.74, 6) is -0.180. The number of amides is 1. The summed E-state index contributed by atoms with van der Waals surface area (Å²) in [6.45, 7) is 4.20. The van der Waals surface area contributed by atoms with Gasteiger partial charge in [-0.05, 0) is 12.1 Å². The molecule has 1 aromatic heterocycles. The number of carbonyl (C=O) groups excluding carboxylic acids is 1. The van der Waals surface area contributed by atoms with E-state index in [0.29, 0.717) is 12.2 Å². The first-order chi connectivity index (χ1) is 9.77. The highest BCUT2D eigenvalue weighted by Gasteiger charge is 2.18. The summed E-state index contributed by atoms with van der Waals surface area (Å²) in [5.41, 5.74) is 1.34. The van der Waals surface area contributed by atoms with Crippen molar-refractivity contribution in [1.29, 1.82) is 0 Å². The van der Waals surface area contributed by atoms with E-state index in [2.05, 4.69) is 11.6 Å². The van der Waals surface area contributed by atoms with Crippen molar-refractivity contribution in [2.45, 2.75) is 0 Å². The van der Waals surface area contributed by atoms with Crippen molar-refractivity contribution in [2.24, 2.45) is 0 Å². The van der Waals surface area contributed by atoms with E-state index in [1.54, 1.807) is 17.0 Å². The number of imidazole rings is 1. The van der Waals surface area contributed by atoms with E-state index in [4.69, 9.17) is 5.11 Å². The van der Waals surface area contributed by atoms with Crippen LogP contribution in [0.5, 0.6) is 0 Å². The average Bonchev–Trinajstić information content (AvgIpc) is 2.96. The lowest BCUT2D eigenvalue weighted by Gasteiger charge is -2.20. The van der Waals surface area contributed by atoms with Crippen molar-refractivity contribution < 1.29 is 9.90 Å². The monoisotopic (exact) mass is 271 g/mol. The summed E-state index contributed by atoms with van der Waals surface area (Å²) in [6.07, 6.45) is 4.77. The second-order valence-electron chi connectivity index (χ2n) is 4.25. The highest BCUT2D eigenvalue weighted by molar-refractivity contribution is 5.93. The predicted molar refractivity (Wildman–Crippen MR) is 76.8 cm³/mol.